The second-order valence-electron chi connectivity index (χ2n) is 11.2. The maximum absolute atomic E-state index is 4.86. The predicted molar refractivity (Wildman–Crippen MR) is 174 cm³/mol. The number of hydrogen-bond acceptors (Lipinski definition) is 5. The molecule has 1 saturated heterocycles. The number of nitrogens with one attached hydrogen (secondary N) is 2. The van der Waals surface area contributed by atoms with Crippen LogP contribution in [-0.2, 0) is 20.5 Å². The van der Waals surface area contributed by atoms with Gasteiger partial charge < -0.3 is 24.7 Å². The van der Waals surface area contributed by atoms with Crippen LogP contribution < -0.4 is 10.6 Å². The molecule has 3 aromatic rings. The molecule has 2 aromatic heterocycles. The molecule has 41 heavy (non-hydrogen) atoms. The van der Waals surface area contributed by atoms with Crippen molar-refractivity contribution in [3.8, 4) is 0 Å². The van der Waals surface area contributed by atoms with E-state index in [0.717, 1.165) is 90.0 Å². The van der Waals surface area contributed by atoms with Crippen molar-refractivity contribution in [2.45, 2.75) is 45.1 Å². The number of rotatable bonds is 11. The molecule has 1 aromatic carbocycles. The number of nitrogens with zero attached hydrogens (tertiary/aromatic N) is 5. The van der Waals surface area contributed by atoms with E-state index in [2.05, 4.69) is 73.7 Å². The minimum Gasteiger partial charge on any atom is -0.359 e. The Morgan fingerprint density at radius 3 is 2.63 bits per heavy atom. The summed E-state index contributed by atoms with van der Waals surface area (Å²) in [5, 5.41) is 6.72. The highest BCUT2D eigenvalue weighted by Crippen LogP contribution is 2.38. The van der Waals surface area contributed by atoms with Crippen molar-refractivity contribution in [3.63, 3.8) is 0 Å². The minimum atomic E-state index is 0.267. The van der Waals surface area contributed by atoms with E-state index in [4.69, 9.17) is 9.98 Å². The van der Waals surface area contributed by atoms with Crippen molar-refractivity contribution in [1.29, 1.82) is 0 Å². The van der Waals surface area contributed by atoms with E-state index in [1.807, 2.05) is 47.8 Å². The third-order valence-corrected chi connectivity index (χ3v) is 7.96. The Labute approximate surface area is 244 Å². The van der Waals surface area contributed by atoms with Crippen molar-refractivity contribution in [2.75, 3.05) is 17.2 Å². The van der Waals surface area contributed by atoms with Gasteiger partial charge in [-0.05, 0) is 74.4 Å². The Bertz CT molecular complexity index is 1580. The summed E-state index contributed by atoms with van der Waals surface area (Å²) in [6.07, 6.45) is 12.8. The molecule has 2 N–H and O–H groups in total. The Hall–Kier alpha value is -4.52. The van der Waals surface area contributed by atoms with Crippen LogP contribution in [-0.4, -0.2) is 37.8 Å². The van der Waals surface area contributed by atoms with Crippen molar-refractivity contribution in [3.05, 3.63) is 103 Å². The number of imidazole rings is 1. The average molecular weight is 548 g/mol. The summed E-state index contributed by atoms with van der Waals surface area (Å²) in [6.45, 7) is 23.9. The smallest absolute Gasteiger partial charge is 0.158 e. The van der Waals surface area contributed by atoms with Crippen LogP contribution in [0.25, 0.3) is 17.5 Å². The fraction of sp³-hybridized carbons (Fsp3) is 0.294. The first-order valence-corrected chi connectivity index (χ1v) is 14.2. The van der Waals surface area contributed by atoms with Crippen molar-refractivity contribution in [1.82, 2.24) is 19.0 Å². The fourth-order valence-corrected chi connectivity index (χ4v) is 5.71. The second-order valence-corrected chi connectivity index (χ2v) is 11.2. The lowest BCUT2D eigenvalue weighted by atomic mass is 9.97. The highest BCUT2D eigenvalue weighted by Gasteiger charge is 2.30. The van der Waals surface area contributed by atoms with Gasteiger partial charge in [0.2, 0.25) is 0 Å². The summed E-state index contributed by atoms with van der Waals surface area (Å²) in [4.78, 5) is 11.9. The van der Waals surface area contributed by atoms with E-state index in [-0.39, 0.29) is 6.04 Å². The Balaban J connectivity index is 1.13. The lowest BCUT2D eigenvalue weighted by molar-refractivity contribution is 0.454. The second kappa shape index (κ2) is 11.5. The van der Waals surface area contributed by atoms with Crippen LogP contribution in [0.3, 0.4) is 0 Å². The number of benzene rings is 1. The SMILES string of the molecule is C=Cc1cc(NC(=C)c2nc(NC(=C)CCCCc3cc4c(cc3C)C(=C)N3CC(=C)CC3C=N4)cn2C)cn1C. The van der Waals surface area contributed by atoms with Crippen LogP contribution in [0.5, 0.6) is 0 Å². The molecule has 0 radical (unpaired) electrons. The van der Waals surface area contributed by atoms with Crippen molar-refractivity contribution < 1.29 is 0 Å². The van der Waals surface area contributed by atoms with E-state index >= 15 is 0 Å². The van der Waals surface area contributed by atoms with Gasteiger partial charge in [-0.2, -0.15) is 0 Å². The molecule has 7 heteroatoms. The van der Waals surface area contributed by atoms with Gasteiger partial charge in [0.05, 0.1) is 23.1 Å². The quantitative estimate of drug-likeness (QED) is 0.193. The van der Waals surface area contributed by atoms with E-state index in [9.17, 15) is 0 Å². The third kappa shape index (κ3) is 5.99. The molecule has 7 nitrogen and oxygen atoms in total. The molecule has 0 amide bonds. The molecular formula is C34H41N7. The van der Waals surface area contributed by atoms with Gasteiger partial charge in [-0.1, -0.05) is 38.5 Å². The van der Waals surface area contributed by atoms with E-state index in [1.165, 1.54) is 16.7 Å². The minimum absolute atomic E-state index is 0.267. The predicted octanol–water partition coefficient (Wildman–Crippen LogP) is 7.45. The van der Waals surface area contributed by atoms with Crippen LogP contribution >= 0.6 is 0 Å². The molecule has 5 rings (SSSR count). The summed E-state index contributed by atoms with van der Waals surface area (Å²) >= 11 is 0. The van der Waals surface area contributed by atoms with E-state index in [1.54, 1.807) is 0 Å². The number of allylic oxidation sites excluding steroid dienone is 1. The number of unbranched alkanes of at least 4 members (excludes halogenated alkanes) is 1. The van der Waals surface area contributed by atoms with Gasteiger partial charge in [0.25, 0.3) is 0 Å². The summed E-state index contributed by atoms with van der Waals surface area (Å²) in [5.41, 5.74) is 10.7. The highest BCUT2D eigenvalue weighted by atomic mass is 15.2. The van der Waals surface area contributed by atoms with Crippen LogP contribution in [0.15, 0.2) is 79.8 Å². The molecule has 1 fully saturated rings. The topological polar surface area (TPSA) is 62.4 Å². The molecular weight excluding hydrogens is 506 g/mol. The largest absolute Gasteiger partial charge is 0.359 e. The number of fused-ring (bicyclic) bond motifs is 2. The number of anilines is 2. The van der Waals surface area contributed by atoms with Gasteiger partial charge >= 0.3 is 0 Å². The molecule has 2 aliphatic rings. The van der Waals surface area contributed by atoms with Crippen LogP contribution in [0, 0.1) is 6.92 Å². The normalized spacial score (nSPS) is 15.9. The van der Waals surface area contributed by atoms with Crippen LogP contribution in [0.1, 0.15) is 53.9 Å². The molecule has 4 heterocycles. The van der Waals surface area contributed by atoms with Gasteiger partial charge in [0.1, 0.15) is 5.82 Å². The molecule has 2 aliphatic heterocycles. The van der Waals surface area contributed by atoms with Gasteiger partial charge in [-0.3, -0.25) is 4.99 Å². The van der Waals surface area contributed by atoms with Gasteiger partial charge in [0.15, 0.2) is 5.82 Å². The number of aryl methyl sites for hydroxylation is 4. The summed E-state index contributed by atoms with van der Waals surface area (Å²) in [7, 11) is 3.95. The lowest BCUT2D eigenvalue weighted by Gasteiger charge is -2.24. The van der Waals surface area contributed by atoms with Gasteiger partial charge in [-0.25, -0.2) is 4.98 Å². The zero-order valence-corrected chi connectivity index (χ0v) is 24.6. The monoisotopic (exact) mass is 547 g/mol. The van der Waals surface area contributed by atoms with Crippen LogP contribution in [0.4, 0.5) is 17.2 Å². The Kier molecular flexibility index (Phi) is 7.88. The zero-order valence-electron chi connectivity index (χ0n) is 24.6. The van der Waals surface area contributed by atoms with E-state index < -0.39 is 0 Å². The maximum atomic E-state index is 4.86. The number of aliphatic imine (C=N–C) groups is 1. The summed E-state index contributed by atoms with van der Waals surface area (Å²) < 4.78 is 3.97. The fourth-order valence-electron chi connectivity index (χ4n) is 5.71. The van der Waals surface area contributed by atoms with Gasteiger partial charge in [-0.15, -0.1) is 0 Å². The standard InChI is InChI=1S/C34H41N7/c1-9-29-17-28(20-39(29)7)37-25(5)34-38-33(21-40(34)8)36-24(4)12-10-11-13-27-16-32-31(15-23(27)3)26(6)41-19-22(2)14-30(41)18-35-32/h9,15-18,20-21,30,36-37H,1-2,4-6,10-14,19H2,3,7-8H3. The molecule has 1 unspecified atom stereocenters. The first-order chi connectivity index (χ1) is 19.6. The molecule has 0 saturated carbocycles. The van der Waals surface area contributed by atoms with Crippen molar-refractivity contribution >= 4 is 40.9 Å². The maximum Gasteiger partial charge on any atom is 0.158 e. The Morgan fingerprint density at radius 1 is 1.07 bits per heavy atom. The average Bonchev–Trinajstić information content (AvgIpc) is 3.58. The summed E-state index contributed by atoms with van der Waals surface area (Å²) in [6, 6.07) is 6.80. The van der Waals surface area contributed by atoms with E-state index in [0.29, 0.717) is 0 Å². The molecule has 212 valence electrons. The Morgan fingerprint density at radius 2 is 1.88 bits per heavy atom. The van der Waals surface area contributed by atoms with Gasteiger partial charge in [0, 0.05) is 61.9 Å². The zero-order chi connectivity index (χ0) is 29.3. The third-order valence-electron chi connectivity index (χ3n) is 7.96. The molecule has 0 bridgehead atoms. The van der Waals surface area contributed by atoms with Crippen molar-refractivity contribution in [2.24, 2.45) is 19.1 Å². The summed E-state index contributed by atoms with van der Waals surface area (Å²) in [5.74, 6) is 1.53. The molecule has 0 spiro atoms. The number of hydrogen-bond donors (Lipinski definition) is 2. The highest BCUT2D eigenvalue weighted by molar-refractivity contribution is 5.84. The first-order valence-electron chi connectivity index (χ1n) is 14.2. The lowest BCUT2D eigenvalue weighted by Crippen LogP contribution is -2.27. The van der Waals surface area contributed by atoms with Crippen LogP contribution in [0.2, 0.25) is 0 Å². The molecule has 1 atom stereocenters. The molecule has 0 aliphatic carbocycles. The number of aromatic nitrogens is 3. The first kappa shape index (κ1) is 28.0.